The molecule has 1 aliphatic heterocycles. The topological polar surface area (TPSA) is 68.5 Å². The fourth-order valence-electron chi connectivity index (χ4n) is 2.68. The minimum Gasteiger partial charge on any atom is -0.444 e. The van der Waals surface area contributed by atoms with E-state index in [9.17, 15) is 4.79 Å². The van der Waals surface area contributed by atoms with Crippen LogP contribution < -0.4 is 5.73 Å². The fourth-order valence-corrected chi connectivity index (χ4v) is 2.68. The molecule has 1 aromatic rings. The van der Waals surface area contributed by atoms with Crippen LogP contribution >= 0.6 is 0 Å². The van der Waals surface area contributed by atoms with Gasteiger partial charge in [-0.1, -0.05) is 6.07 Å². The maximum atomic E-state index is 12.4. The molecular formula is C15H23N3O2. The van der Waals surface area contributed by atoms with Crippen LogP contribution in [0.4, 0.5) is 4.79 Å². The molecule has 5 heteroatoms. The quantitative estimate of drug-likeness (QED) is 0.900. The Balaban J connectivity index is 2.30. The number of pyridine rings is 1. The molecule has 2 rings (SSSR count). The van der Waals surface area contributed by atoms with E-state index >= 15 is 0 Å². The predicted octanol–water partition coefficient (Wildman–Crippen LogP) is 2.27. The SMILES string of the molecule is CC(C)(C)OC(=O)N1CCCC1(CN)c1ccccn1. The average Bonchev–Trinajstić information content (AvgIpc) is 2.83. The summed E-state index contributed by atoms with van der Waals surface area (Å²) >= 11 is 0. The van der Waals surface area contributed by atoms with Crippen molar-refractivity contribution in [3.8, 4) is 0 Å². The number of hydrogen-bond donors (Lipinski definition) is 1. The van der Waals surface area contributed by atoms with Gasteiger partial charge in [-0.3, -0.25) is 9.88 Å². The van der Waals surface area contributed by atoms with Crippen LogP contribution in [0.25, 0.3) is 0 Å². The molecule has 5 nitrogen and oxygen atoms in total. The molecule has 2 N–H and O–H groups in total. The number of likely N-dealkylation sites (tertiary alicyclic amines) is 1. The van der Waals surface area contributed by atoms with Crippen molar-refractivity contribution < 1.29 is 9.53 Å². The zero-order valence-corrected chi connectivity index (χ0v) is 12.4. The van der Waals surface area contributed by atoms with Crippen molar-refractivity contribution in [3.05, 3.63) is 30.1 Å². The summed E-state index contributed by atoms with van der Waals surface area (Å²) in [5.41, 5.74) is 5.79. The molecule has 0 saturated carbocycles. The Morgan fingerprint density at radius 1 is 1.50 bits per heavy atom. The molecule has 0 aliphatic carbocycles. The van der Waals surface area contributed by atoms with Gasteiger partial charge in [-0.15, -0.1) is 0 Å². The number of amides is 1. The maximum Gasteiger partial charge on any atom is 0.411 e. The molecule has 0 radical (unpaired) electrons. The van der Waals surface area contributed by atoms with Crippen molar-refractivity contribution in [2.75, 3.05) is 13.1 Å². The molecule has 110 valence electrons. The highest BCUT2D eigenvalue weighted by Gasteiger charge is 2.46. The monoisotopic (exact) mass is 277 g/mol. The molecule has 0 aromatic carbocycles. The van der Waals surface area contributed by atoms with E-state index in [2.05, 4.69) is 4.98 Å². The summed E-state index contributed by atoms with van der Waals surface area (Å²) in [6.45, 7) is 6.61. The Bertz CT molecular complexity index is 470. The molecule has 0 spiro atoms. The lowest BCUT2D eigenvalue weighted by atomic mass is 9.91. The fraction of sp³-hybridized carbons (Fsp3) is 0.600. The number of hydrogen-bond acceptors (Lipinski definition) is 4. The normalized spacial score (nSPS) is 22.9. The maximum absolute atomic E-state index is 12.4. The molecule has 1 atom stereocenters. The zero-order valence-electron chi connectivity index (χ0n) is 12.4. The van der Waals surface area contributed by atoms with Crippen molar-refractivity contribution in [1.29, 1.82) is 0 Å². The molecule has 1 fully saturated rings. The third-order valence-corrected chi connectivity index (χ3v) is 3.58. The van der Waals surface area contributed by atoms with Gasteiger partial charge in [0, 0.05) is 19.3 Å². The summed E-state index contributed by atoms with van der Waals surface area (Å²) in [5, 5.41) is 0. The van der Waals surface area contributed by atoms with E-state index in [1.54, 1.807) is 11.1 Å². The standard InChI is InChI=1S/C15H23N3O2/c1-14(2,3)20-13(19)18-10-6-8-15(18,11-16)12-7-4-5-9-17-12/h4-5,7,9H,6,8,10-11,16H2,1-3H3. The highest BCUT2D eigenvalue weighted by Crippen LogP contribution is 2.37. The summed E-state index contributed by atoms with van der Waals surface area (Å²) in [6.07, 6.45) is 3.15. The van der Waals surface area contributed by atoms with Crippen molar-refractivity contribution in [3.63, 3.8) is 0 Å². The van der Waals surface area contributed by atoms with Crippen LogP contribution in [0.15, 0.2) is 24.4 Å². The summed E-state index contributed by atoms with van der Waals surface area (Å²) in [7, 11) is 0. The van der Waals surface area contributed by atoms with E-state index in [-0.39, 0.29) is 6.09 Å². The Kier molecular flexibility index (Phi) is 3.99. The largest absolute Gasteiger partial charge is 0.444 e. The summed E-state index contributed by atoms with van der Waals surface area (Å²) in [6, 6.07) is 5.71. The van der Waals surface area contributed by atoms with Crippen molar-refractivity contribution in [2.24, 2.45) is 5.73 Å². The predicted molar refractivity (Wildman–Crippen MR) is 77.1 cm³/mol. The number of nitrogens with two attached hydrogens (primary N) is 1. The van der Waals surface area contributed by atoms with Crippen LogP contribution in [0.1, 0.15) is 39.3 Å². The van der Waals surface area contributed by atoms with Gasteiger partial charge in [0.15, 0.2) is 0 Å². The van der Waals surface area contributed by atoms with Crippen LogP contribution in [-0.2, 0) is 10.3 Å². The van der Waals surface area contributed by atoms with E-state index in [0.29, 0.717) is 13.1 Å². The average molecular weight is 277 g/mol. The zero-order chi connectivity index (χ0) is 14.8. The van der Waals surface area contributed by atoms with Gasteiger partial charge in [0.05, 0.1) is 5.69 Å². The smallest absolute Gasteiger partial charge is 0.411 e. The van der Waals surface area contributed by atoms with Crippen LogP contribution in [0.2, 0.25) is 0 Å². The first kappa shape index (κ1) is 14.8. The number of rotatable bonds is 2. The van der Waals surface area contributed by atoms with Crippen molar-refractivity contribution >= 4 is 6.09 Å². The number of aromatic nitrogens is 1. The summed E-state index contributed by atoms with van der Waals surface area (Å²) in [5.74, 6) is 0. The molecule has 1 aromatic heterocycles. The molecule has 0 bridgehead atoms. The third-order valence-electron chi connectivity index (χ3n) is 3.58. The first-order valence-electron chi connectivity index (χ1n) is 7.01. The van der Waals surface area contributed by atoms with E-state index in [1.807, 2.05) is 39.0 Å². The summed E-state index contributed by atoms with van der Waals surface area (Å²) < 4.78 is 5.50. The number of nitrogens with zero attached hydrogens (tertiary/aromatic N) is 2. The second-order valence-corrected chi connectivity index (χ2v) is 6.19. The Hall–Kier alpha value is -1.62. The Morgan fingerprint density at radius 2 is 2.25 bits per heavy atom. The first-order valence-corrected chi connectivity index (χ1v) is 7.01. The highest BCUT2D eigenvalue weighted by molar-refractivity contribution is 5.70. The third kappa shape index (κ3) is 2.77. The van der Waals surface area contributed by atoms with E-state index in [1.165, 1.54) is 0 Å². The van der Waals surface area contributed by atoms with Gasteiger partial charge in [-0.25, -0.2) is 4.79 Å². The van der Waals surface area contributed by atoms with E-state index in [0.717, 1.165) is 18.5 Å². The van der Waals surface area contributed by atoms with Crippen LogP contribution in [0, 0.1) is 0 Å². The molecular weight excluding hydrogens is 254 g/mol. The summed E-state index contributed by atoms with van der Waals surface area (Å²) in [4.78, 5) is 18.6. The molecule has 1 amide bonds. The van der Waals surface area contributed by atoms with Gasteiger partial charge in [0.1, 0.15) is 11.1 Å². The molecule has 2 heterocycles. The molecule has 1 unspecified atom stereocenters. The second kappa shape index (κ2) is 5.40. The lowest BCUT2D eigenvalue weighted by molar-refractivity contribution is 0.00752. The van der Waals surface area contributed by atoms with Gasteiger partial charge in [-0.2, -0.15) is 0 Å². The molecule has 20 heavy (non-hydrogen) atoms. The molecule has 1 saturated heterocycles. The lowest BCUT2D eigenvalue weighted by Gasteiger charge is -2.37. The second-order valence-electron chi connectivity index (χ2n) is 6.19. The van der Waals surface area contributed by atoms with Crippen LogP contribution in [0.3, 0.4) is 0 Å². The van der Waals surface area contributed by atoms with E-state index < -0.39 is 11.1 Å². The number of carbonyl (C=O) groups excluding carboxylic acids is 1. The first-order chi connectivity index (χ1) is 9.39. The van der Waals surface area contributed by atoms with Crippen LogP contribution in [-0.4, -0.2) is 34.7 Å². The number of carbonyl (C=O) groups is 1. The van der Waals surface area contributed by atoms with Crippen molar-refractivity contribution in [1.82, 2.24) is 9.88 Å². The lowest BCUT2D eigenvalue weighted by Crippen LogP contribution is -2.51. The Labute approximate surface area is 120 Å². The van der Waals surface area contributed by atoms with Gasteiger partial charge in [0.25, 0.3) is 0 Å². The van der Waals surface area contributed by atoms with Gasteiger partial charge in [0.2, 0.25) is 0 Å². The minimum atomic E-state index is -0.538. The van der Waals surface area contributed by atoms with Gasteiger partial charge >= 0.3 is 6.09 Å². The Morgan fingerprint density at radius 3 is 2.80 bits per heavy atom. The number of ether oxygens (including phenoxy) is 1. The minimum absolute atomic E-state index is 0.314. The highest BCUT2D eigenvalue weighted by atomic mass is 16.6. The van der Waals surface area contributed by atoms with Gasteiger partial charge < -0.3 is 10.5 Å². The van der Waals surface area contributed by atoms with Crippen LogP contribution in [0.5, 0.6) is 0 Å². The van der Waals surface area contributed by atoms with Crippen molar-refractivity contribution in [2.45, 2.75) is 44.8 Å². The van der Waals surface area contributed by atoms with E-state index in [4.69, 9.17) is 10.5 Å². The molecule has 1 aliphatic rings. The van der Waals surface area contributed by atoms with Gasteiger partial charge in [-0.05, 0) is 45.7 Å².